The summed E-state index contributed by atoms with van der Waals surface area (Å²) in [4.78, 5) is 45.1. The van der Waals surface area contributed by atoms with E-state index in [1.54, 1.807) is 12.0 Å². The highest BCUT2D eigenvalue weighted by molar-refractivity contribution is 5.97. The van der Waals surface area contributed by atoms with E-state index in [0.717, 1.165) is 18.5 Å². The summed E-state index contributed by atoms with van der Waals surface area (Å²) in [5.74, 6) is -0.220. The molecule has 36 heavy (non-hydrogen) atoms. The molecule has 192 valence electrons. The van der Waals surface area contributed by atoms with E-state index in [0.29, 0.717) is 51.3 Å². The number of likely N-dealkylation sites (tertiary alicyclic amines) is 1. The predicted molar refractivity (Wildman–Crippen MR) is 139 cm³/mol. The van der Waals surface area contributed by atoms with Gasteiger partial charge in [0.2, 0.25) is 5.91 Å². The first-order chi connectivity index (χ1) is 17.5. The van der Waals surface area contributed by atoms with Gasteiger partial charge in [0.25, 0.3) is 11.8 Å². The molecule has 0 atom stereocenters. The van der Waals surface area contributed by atoms with Crippen molar-refractivity contribution < 1.29 is 19.1 Å². The summed E-state index contributed by atoms with van der Waals surface area (Å²) in [5, 5.41) is 2.87. The number of hydrogen-bond donors (Lipinski definition) is 1. The largest absolute Gasteiger partial charge is 0.385 e. The molecular formula is C28H36N4O4. The average molecular weight is 493 g/mol. The molecule has 8 heteroatoms. The minimum Gasteiger partial charge on any atom is -0.385 e. The number of rotatable bonds is 9. The second kappa shape index (κ2) is 11.6. The van der Waals surface area contributed by atoms with E-state index >= 15 is 0 Å². The normalized spacial score (nSPS) is 17.1. The quantitative estimate of drug-likeness (QED) is 0.545. The topological polar surface area (TPSA) is 82.2 Å². The van der Waals surface area contributed by atoms with Crippen LogP contribution in [0, 0.1) is 0 Å². The highest BCUT2D eigenvalue weighted by Gasteiger charge is 2.54. The van der Waals surface area contributed by atoms with Gasteiger partial charge in [0, 0.05) is 44.6 Å². The molecule has 0 aromatic heterocycles. The van der Waals surface area contributed by atoms with Crippen LogP contribution in [-0.2, 0) is 20.7 Å². The second-order valence-corrected chi connectivity index (χ2v) is 9.48. The van der Waals surface area contributed by atoms with E-state index in [2.05, 4.69) is 17.1 Å². The summed E-state index contributed by atoms with van der Waals surface area (Å²) >= 11 is 0. The van der Waals surface area contributed by atoms with Crippen LogP contribution in [0.15, 0.2) is 54.6 Å². The van der Waals surface area contributed by atoms with Crippen LogP contribution in [0.2, 0.25) is 0 Å². The number of hydrogen-bond acceptors (Lipinski definition) is 5. The van der Waals surface area contributed by atoms with E-state index < -0.39 is 5.54 Å². The lowest BCUT2D eigenvalue weighted by molar-refractivity contribution is -0.137. The van der Waals surface area contributed by atoms with Crippen molar-refractivity contribution in [1.82, 2.24) is 15.1 Å². The number of carbonyl (C=O) groups excluding carboxylic acids is 3. The third-order valence-corrected chi connectivity index (χ3v) is 7.25. The number of para-hydroxylation sites is 1. The van der Waals surface area contributed by atoms with Crippen molar-refractivity contribution in [2.24, 2.45) is 0 Å². The Morgan fingerprint density at radius 1 is 1.03 bits per heavy atom. The van der Waals surface area contributed by atoms with Crippen molar-refractivity contribution in [2.75, 3.05) is 51.5 Å². The highest BCUT2D eigenvalue weighted by atomic mass is 16.5. The van der Waals surface area contributed by atoms with Gasteiger partial charge < -0.3 is 24.8 Å². The summed E-state index contributed by atoms with van der Waals surface area (Å²) in [5.41, 5.74) is 2.05. The third-order valence-electron chi connectivity index (χ3n) is 7.25. The highest BCUT2D eigenvalue weighted by Crippen LogP contribution is 2.39. The zero-order valence-corrected chi connectivity index (χ0v) is 21.2. The Labute approximate surface area is 213 Å². The fourth-order valence-electron chi connectivity index (χ4n) is 5.14. The molecule has 3 amide bonds. The molecule has 2 fully saturated rings. The maximum atomic E-state index is 13.8. The van der Waals surface area contributed by atoms with Gasteiger partial charge in [-0.25, -0.2) is 0 Å². The third kappa shape index (κ3) is 5.38. The molecule has 1 N–H and O–H groups in total. The molecule has 0 aliphatic carbocycles. The van der Waals surface area contributed by atoms with Gasteiger partial charge in [-0.15, -0.1) is 0 Å². The van der Waals surface area contributed by atoms with Gasteiger partial charge in [-0.1, -0.05) is 37.3 Å². The van der Waals surface area contributed by atoms with E-state index in [1.807, 2.05) is 59.5 Å². The number of amides is 3. The molecular weight excluding hydrogens is 456 g/mol. The van der Waals surface area contributed by atoms with Crippen molar-refractivity contribution in [3.05, 3.63) is 65.7 Å². The zero-order chi connectivity index (χ0) is 25.5. The number of nitrogens with zero attached hydrogens (tertiary/aromatic N) is 3. The van der Waals surface area contributed by atoms with Gasteiger partial charge in [0.15, 0.2) is 0 Å². The van der Waals surface area contributed by atoms with E-state index in [1.165, 1.54) is 5.56 Å². The van der Waals surface area contributed by atoms with Gasteiger partial charge in [-0.3, -0.25) is 14.4 Å². The molecule has 2 aromatic carbocycles. The maximum absolute atomic E-state index is 13.8. The molecule has 4 rings (SSSR count). The number of anilines is 1. The fourth-order valence-corrected chi connectivity index (χ4v) is 5.14. The smallest absolute Gasteiger partial charge is 0.253 e. The second-order valence-electron chi connectivity index (χ2n) is 9.48. The molecule has 2 aliphatic heterocycles. The molecule has 1 spiro atoms. The molecule has 2 saturated heterocycles. The molecule has 2 aliphatic rings. The molecule has 0 unspecified atom stereocenters. The Morgan fingerprint density at radius 3 is 2.36 bits per heavy atom. The number of carbonyl (C=O) groups is 3. The van der Waals surface area contributed by atoms with Crippen LogP contribution in [0.4, 0.5) is 5.69 Å². The van der Waals surface area contributed by atoms with Crippen LogP contribution in [0.5, 0.6) is 0 Å². The molecule has 8 nitrogen and oxygen atoms in total. The van der Waals surface area contributed by atoms with Crippen LogP contribution < -0.4 is 10.2 Å². The Kier molecular flexibility index (Phi) is 8.25. The lowest BCUT2D eigenvalue weighted by Gasteiger charge is -2.43. The first kappa shape index (κ1) is 25.7. The van der Waals surface area contributed by atoms with E-state index in [4.69, 9.17) is 4.74 Å². The molecule has 0 radical (unpaired) electrons. The summed E-state index contributed by atoms with van der Waals surface area (Å²) in [6.45, 7) is 4.52. The van der Waals surface area contributed by atoms with Crippen LogP contribution >= 0.6 is 0 Å². The van der Waals surface area contributed by atoms with Crippen molar-refractivity contribution in [3.8, 4) is 0 Å². The predicted octanol–water partition coefficient (Wildman–Crippen LogP) is 2.68. The Morgan fingerprint density at radius 2 is 1.72 bits per heavy atom. The molecule has 0 bridgehead atoms. The van der Waals surface area contributed by atoms with Crippen molar-refractivity contribution >= 4 is 23.4 Å². The summed E-state index contributed by atoms with van der Waals surface area (Å²) in [7, 11) is 1.63. The Hall–Kier alpha value is -3.39. The van der Waals surface area contributed by atoms with Gasteiger partial charge in [-0.2, -0.15) is 0 Å². The minimum absolute atomic E-state index is 0.00324. The monoisotopic (exact) mass is 492 g/mol. The van der Waals surface area contributed by atoms with E-state index in [-0.39, 0.29) is 24.3 Å². The minimum atomic E-state index is -0.763. The lowest BCUT2D eigenvalue weighted by atomic mass is 9.85. The Balaban J connectivity index is 1.47. The van der Waals surface area contributed by atoms with Crippen LogP contribution in [-0.4, -0.2) is 79.6 Å². The number of benzene rings is 2. The van der Waals surface area contributed by atoms with Gasteiger partial charge >= 0.3 is 0 Å². The van der Waals surface area contributed by atoms with E-state index in [9.17, 15) is 14.4 Å². The molecule has 2 heterocycles. The SMILES string of the molecule is CCc1ccc(C(=O)N2CCC3(CC2)C(=O)N(CC(=O)NCCCOC)CN3c2ccccc2)cc1. The number of ether oxygens (including phenoxy) is 1. The average Bonchev–Trinajstić information content (AvgIpc) is 3.17. The zero-order valence-electron chi connectivity index (χ0n) is 21.2. The fraction of sp³-hybridized carbons (Fsp3) is 0.464. The first-order valence-corrected chi connectivity index (χ1v) is 12.7. The number of piperidine rings is 1. The number of aryl methyl sites for hydroxylation is 1. The standard InChI is InChI=1S/C28H36N4O4/c1-3-22-10-12-23(13-11-22)26(34)30-17-14-28(15-18-30)27(35)31(20-25(33)29-16-7-19-36-2)21-32(28)24-8-5-4-6-9-24/h4-6,8-13H,3,7,14-21H2,1-2H3,(H,29,33). The van der Waals surface area contributed by atoms with Crippen LogP contribution in [0.3, 0.4) is 0 Å². The van der Waals surface area contributed by atoms with Crippen LogP contribution in [0.1, 0.15) is 42.1 Å². The summed E-state index contributed by atoms with van der Waals surface area (Å²) in [6.07, 6.45) is 2.69. The maximum Gasteiger partial charge on any atom is 0.253 e. The lowest BCUT2D eigenvalue weighted by Crippen LogP contribution is -2.57. The number of nitrogens with one attached hydrogen (secondary N) is 1. The van der Waals surface area contributed by atoms with Crippen molar-refractivity contribution in [2.45, 2.75) is 38.1 Å². The van der Waals surface area contributed by atoms with Crippen molar-refractivity contribution in [3.63, 3.8) is 0 Å². The van der Waals surface area contributed by atoms with Gasteiger partial charge in [0.05, 0.1) is 6.67 Å². The molecule has 2 aromatic rings. The summed E-state index contributed by atoms with van der Waals surface area (Å²) < 4.78 is 5.03. The summed E-state index contributed by atoms with van der Waals surface area (Å²) in [6, 6.07) is 17.6. The number of methoxy groups -OCH3 is 1. The van der Waals surface area contributed by atoms with Crippen molar-refractivity contribution in [1.29, 1.82) is 0 Å². The Bertz CT molecular complexity index is 1050. The van der Waals surface area contributed by atoms with Gasteiger partial charge in [0.1, 0.15) is 12.1 Å². The molecule has 0 saturated carbocycles. The first-order valence-electron chi connectivity index (χ1n) is 12.7. The van der Waals surface area contributed by atoms with Gasteiger partial charge in [-0.05, 0) is 55.5 Å². The van der Waals surface area contributed by atoms with Crippen LogP contribution in [0.25, 0.3) is 0 Å².